The molecule has 36 heavy (non-hydrogen) atoms. The van der Waals surface area contributed by atoms with Crippen LogP contribution in [0.15, 0.2) is 48.5 Å². The van der Waals surface area contributed by atoms with Gasteiger partial charge in [0.05, 0.1) is 11.3 Å². The van der Waals surface area contributed by atoms with Crippen LogP contribution in [0.25, 0.3) is 22.4 Å². The number of likely N-dealkylation sites (tertiary alicyclic amines) is 1. The summed E-state index contributed by atoms with van der Waals surface area (Å²) in [6, 6.07) is 13.5. The van der Waals surface area contributed by atoms with Crippen LogP contribution in [0.2, 0.25) is 0 Å². The smallest absolute Gasteiger partial charge is 0.356 e. The summed E-state index contributed by atoms with van der Waals surface area (Å²) in [7, 11) is 0. The zero-order valence-electron chi connectivity index (χ0n) is 20.4. The van der Waals surface area contributed by atoms with Crippen molar-refractivity contribution in [3.63, 3.8) is 0 Å². The molecule has 2 aliphatic heterocycles. The molecular weight excluding hydrogens is 468 g/mol. The maximum absolute atomic E-state index is 14.0. The fourth-order valence-electron chi connectivity index (χ4n) is 5.33. The highest BCUT2D eigenvalue weighted by Gasteiger charge is 2.38. The van der Waals surface area contributed by atoms with Crippen molar-refractivity contribution < 1.29 is 17.6 Å². The van der Waals surface area contributed by atoms with E-state index < -0.39 is 17.8 Å². The Kier molecular flexibility index (Phi) is 6.97. The predicted molar refractivity (Wildman–Crippen MR) is 133 cm³/mol. The molecule has 2 fully saturated rings. The molecule has 0 bridgehead atoms. The van der Waals surface area contributed by atoms with Crippen molar-refractivity contribution in [3.05, 3.63) is 65.7 Å². The lowest BCUT2D eigenvalue weighted by molar-refractivity contribution is -0.144. The Hall–Kier alpha value is -3.00. The minimum atomic E-state index is -4.69. The molecule has 5 rings (SSSR count). The van der Waals surface area contributed by atoms with Crippen molar-refractivity contribution in [2.24, 2.45) is 0 Å². The minimum Gasteiger partial charge on any atom is -0.356 e. The number of hydrogen-bond acceptors (Lipinski definition) is 4. The second kappa shape index (κ2) is 10.2. The SMILES string of the molecule is Cc1ccc(-c2nc(C(F)(F)F)nc(N3CCC(N4CCCCC4)CC3)c2-c2ccc(F)cc2)cc1. The Morgan fingerprint density at radius 2 is 1.39 bits per heavy atom. The average molecular weight is 499 g/mol. The highest BCUT2D eigenvalue weighted by Crippen LogP contribution is 2.41. The van der Waals surface area contributed by atoms with Crippen molar-refractivity contribution in [2.75, 3.05) is 31.1 Å². The highest BCUT2D eigenvalue weighted by atomic mass is 19.4. The fourth-order valence-corrected chi connectivity index (χ4v) is 5.33. The van der Waals surface area contributed by atoms with E-state index in [1.807, 2.05) is 24.0 Å². The van der Waals surface area contributed by atoms with Crippen molar-refractivity contribution in [3.8, 4) is 22.4 Å². The van der Waals surface area contributed by atoms with Crippen LogP contribution >= 0.6 is 0 Å². The lowest BCUT2D eigenvalue weighted by Gasteiger charge is -2.41. The van der Waals surface area contributed by atoms with E-state index in [4.69, 9.17) is 0 Å². The van der Waals surface area contributed by atoms with Crippen LogP contribution < -0.4 is 4.90 Å². The van der Waals surface area contributed by atoms with E-state index in [1.54, 1.807) is 24.3 Å². The molecule has 3 heterocycles. The van der Waals surface area contributed by atoms with Gasteiger partial charge in [-0.25, -0.2) is 14.4 Å². The number of benzene rings is 2. The van der Waals surface area contributed by atoms with Gasteiger partial charge in [0.15, 0.2) is 0 Å². The number of piperidine rings is 2. The van der Waals surface area contributed by atoms with Crippen LogP contribution in [0.1, 0.15) is 43.5 Å². The first-order valence-electron chi connectivity index (χ1n) is 12.6. The summed E-state index contributed by atoms with van der Waals surface area (Å²) >= 11 is 0. The third kappa shape index (κ3) is 5.24. The largest absolute Gasteiger partial charge is 0.451 e. The molecule has 0 atom stereocenters. The molecule has 3 aromatic rings. The predicted octanol–water partition coefficient (Wildman–Crippen LogP) is 6.73. The average Bonchev–Trinajstić information content (AvgIpc) is 2.89. The Balaban J connectivity index is 1.60. The first kappa shape index (κ1) is 24.7. The van der Waals surface area contributed by atoms with Crippen molar-refractivity contribution in [1.82, 2.24) is 14.9 Å². The van der Waals surface area contributed by atoms with Gasteiger partial charge < -0.3 is 9.80 Å². The molecule has 0 spiro atoms. The van der Waals surface area contributed by atoms with Gasteiger partial charge >= 0.3 is 6.18 Å². The van der Waals surface area contributed by atoms with Gasteiger partial charge in [-0.15, -0.1) is 0 Å². The van der Waals surface area contributed by atoms with Crippen LogP contribution in [0, 0.1) is 12.7 Å². The lowest BCUT2D eigenvalue weighted by Crippen LogP contribution is -2.47. The molecule has 2 aliphatic rings. The van der Waals surface area contributed by atoms with E-state index in [0.717, 1.165) is 31.5 Å². The van der Waals surface area contributed by atoms with Crippen LogP contribution in [-0.4, -0.2) is 47.1 Å². The molecule has 1 aromatic heterocycles. The molecule has 0 amide bonds. The quantitative estimate of drug-likeness (QED) is 0.373. The van der Waals surface area contributed by atoms with Crippen molar-refractivity contribution >= 4 is 5.82 Å². The van der Waals surface area contributed by atoms with Gasteiger partial charge in [0.1, 0.15) is 11.6 Å². The number of halogens is 4. The molecule has 4 nitrogen and oxygen atoms in total. The number of rotatable bonds is 4. The molecule has 0 aliphatic carbocycles. The van der Waals surface area contributed by atoms with E-state index in [0.29, 0.717) is 35.8 Å². The zero-order valence-corrected chi connectivity index (χ0v) is 20.4. The number of alkyl halides is 3. The fraction of sp³-hybridized carbons (Fsp3) is 0.429. The second-order valence-electron chi connectivity index (χ2n) is 9.78. The molecule has 0 saturated carbocycles. The maximum Gasteiger partial charge on any atom is 0.451 e. The summed E-state index contributed by atoms with van der Waals surface area (Å²) in [6.45, 7) is 5.32. The van der Waals surface area contributed by atoms with Crippen LogP contribution in [0.5, 0.6) is 0 Å². The molecule has 2 saturated heterocycles. The molecule has 8 heteroatoms. The lowest BCUT2D eigenvalue weighted by atomic mass is 9.96. The highest BCUT2D eigenvalue weighted by molar-refractivity contribution is 5.88. The van der Waals surface area contributed by atoms with Crippen LogP contribution in [-0.2, 0) is 6.18 Å². The van der Waals surface area contributed by atoms with E-state index >= 15 is 0 Å². The molecule has 190 valence electrons. The summed E-state index contributed by atoms with van der Waals surface area (Å²) in [5, 5.41) is 0. The van der Waals surface area contributed by atoms with Crippen molar-refractivity contribution in [1.29, 1.82) is 0 Å². The Bertz CT molecular complexity index is 1180. The van der Waals surface area contributed by atoms with Crippen LogP contribution in [0.4, 0.5) is 23.4 Å². The van der Waals surface area contributed by atoms with E-state index in [1.165, 1.54) is 31.4 Å². The van der Waals surface area contributed by atoms with Crippen molar-refractivity contribution in [2.45, 2.75) is 51.2 Å². The minimum absolute atomic E-state index is 0.206. The number of aromatic nitrogens is 2. The molecule has 0 radical (unpaired) electrons. The van der Waals surface area contributed by atoms with Gasteiger partial charge in [-0.2, -0.15) is 13.2 Å². The first-order valence-corrected chi connectivity index (χ1v) is 12.6. The van der Waals surface area contributed by atoms with Gasteiger partial charge in [-0.05, 0) is 63.4 Å². The summed E-state index contributed by atoms with van der Waals surface area (Å²) in [5.41, 5.74) is 2.86. The summed E-state index contributed by atoms with van der Waals surface area (Å²) in [4.78, 5) is 12.6. The van der Waals surface area contributed by atoms with Gasteiger partial charge in [-0.3, -0.25) is 0 Å². The molecule has 0 N–H and O–H groups in total. The molecule has 2 aromatic carbocycles. The van der Waals surface area contributed by atoms with Gasteiger partial charge in [0.25, 0.3) is 0 Å². The Morgan fingerprint density at radius 1 is 0.778 bits per heavy atom. The maximum atomic E-state index is 14.0. The number of aryl methyl sites for hydroxylation is 1. The first-order chi connectivity index (χ1) is 17.3. The number of anilines is 1. The summed E-state index contributed by atoms with van der Waals surface area (Å²) in [5.74, 6) is -1.30. The van der Waals surface area contributed by atoms with E-state index in [-0.39, 0.29) is 11.5 Å². The second-order valence-corrected chi connectivity index (χ2v) is 9.78. The Labute approximate surface area is 209 Å². The zero-order chi connectivity index (χ0) is 25.3. The summed E-state index contributed by atoms with van der Waals surface area (Å²) in [6.07, 6.45) is 0.717. The summed E-state index contributed by atoms with van der Waals surface area (Å²) < 4.78 is 55.7. The number of hydrogen-bond donors (Lipinski definition) is 0. The third-order valence-corrected chi connectivity index (χ3v) is 7.27. The standard InChI is InChI=1S/C28H30F4N4/c1-19-5-7-21(8-6-19)25-24(20-9-11-22(29)12-10-20)26(34-27(33-25)28(30,31)32)36-17-13-23(14-18-36)35-15-3-2-4-16-35/h5-12,23H,2-4,13-18H2,1H3. The molecule has 0 unspecified atom stereocenters. The number of nitrogens with zero attached hydrogens (tertiary/aromatic N) is 4. The molecular formula is C28H30F4N4. The van der Waals surface area contributed by atoms with Gasteiger partial charge in [-0.1, -0.05) is 48.4 Å². The third-order valence-electron chi connectivity index (χ3n) is 7.27. The van der Waals surface area contributed by atoms with E-state index in [9.17, 15) is 17.6 Å². The Morgan fingerprint density at radius 3 is 2.00 bits per heavy atom. The van der Waals surface area contributed by atoms with Gasteiger partial charge in [0.2, 0.25) is 5.82 Å². The van der Waals surface area contributed by atoms with E-state index in [2.05, 4.69) is 14.9 Å². The normalized spacial score (nSPS) is 18.0. The van der Waals surface area contributed by atoms with Crippen LogP contribution in [0.3, 0.4) is 0 Å². The van der Waals surface area contributed by atoms with Gasteiger partial charge in [0, 0.05) is 24.7 Å². The monoisotopic (exact) mass is 498 g/mol. The topological polar surface area (TPSA) is 32.3 Å².